The van der Waals surface area contributed by atoms with Gasteiger partial charge in [0.25, 0.3) is 6.43 Å². The maximum atomic E-state index is 12.3. The molecule has 16 heavy (non-hydrogen) atoms. The van der Waals surface area contributed by atoms with E-state index in [1.165, 1.54) is 12.1 Å². The maximum absolute atomic E-state index is 12.3. The fourth-order valence-corrected chi connectivity index (χ4v) is 1.58. The molecule has 1 aromatic heterocycles. The van der Waals surface area contributed by atoms with Gasteiger partial charge < -0.3 is 4.74 Å². The van der Waals surface area contributed by atoms with Crippen LogP contribution in [0.3, 0.4) is 0 Å². The number of alkyl halides is 2. The third-order valence-corrected chi connectivity index (χ3v) is 2.50. The van der Waals surface area contributed by atoms with Gasteiger partial charge in [-0.2, -0.15) is 0 Å². The van der Waals surface area contributed by atoms with Crippen LogP contribution in [0, 0.1) is 0 Å². The van der Waals surface area contributed by atoms with Crippen molar-refractivity contribution in [2.24, 2.45) is 0 Å². The van der Waals surface area contributed by atoms with E-state index in [0.717, 1.165) is 0 Å². The van der Waals surface area contributed by atoms with Gasteiger partial charge in [-0.3, -0.25) is 4.79 Å². The lowest BCUT2D eigenvalue weighted by molar-refractivity contribution is -0.142. The topological polar surface area (TPSA) is 39.2 Å². The molecule has 0 aliphatic rings. The predicted molar refractivity (Wildman–Crippen MR) is 57.2 cm³/mol. The zero-order valence-electron chi connectivity index (χ0n) is 8.54. The van der Waals surface area contributed by atoms with Crippen LogP contribution < -0.4 is 0 Å². The van der Waals surface area contributed by atoms with Gasteiger partial charge in [-0.25, -0.2) is 13.8 Å². The fraction of sp³-hybridized carbons (Fsp3) is 0.400. The van der Waals surface area contributed by atoms with E-state index in [0.29, 0.717) is 12.2 Å². The van der Waals surface area contributed by atoms with Crippen molar-refractivity contribution >= 4 is 21.9 Å². The Morgan fingerprint density at radius 3 is 2.75 bits per heavy atom. The highest BCUT2D eigenvalue weighted by Gasteiger charge is 2.13. The minimum atomic E-state index is -2.62. The lowest BCUT2D eigenvalue weighted by Crippen LogP contribution is -2.08. The summed E-state index contributed by atoms with van der Waals surface area (Å²) < 4.78 is 29.6. The molecule has 1 rings (SSSR count). The smallest absolute Gasteiger partial charge is 0.310 e. The molecule has 0 radical (unpaired) electrons. The second-order valence-corrected chi connectivity index (χ2v) is 3.72. The van der Waals surface area contributed by atoms with Gasteiger partial charge in [0.2, 0.25) is 0 Å². The number of ether oxygens (including phenoxy) is 1. The van der Waals surface area contributed by atoms with Crippen molar-refractivity contribution in [3.63, 3.8) is 0 Å². The van der Waals surface area contributed by atoms with Crippen LogP contribution >= 0.6 is 15.9 Å². The van der Waals surface area contributed by atoms with E-state index in [2.05, 4.69) is 20.9 Å². The van der Waals surface area contributed by atoms with Crippen molar-refractivity contribution in [2.75, 3.05) is 6.61 Å². The highest BCUT2D eigenvalue weighted by Crippen LogP contribution is 2.22. The summed E-state index contributed by atoms with van der Waals surface area (Å²) in [7, 11) is 0. The number of hydrogen-bond acceptors (Lipinski definition) is 3. The summed E-state index contributed by atoms with van der Waals surface area (Å²) in [5.41, 5.74) is 0.210. The minimum Gasteiger partial charge on any atom is -0.466 e. The summed E-state index contributed by atoms with van der Waals surface area (Å²) in [6.07, 6.45) is -2.60. The first kappa shape index (κ1) is 13.0. The van der Waals surface area contributed by atoms with Crippen molar-refractivity contribution in [2.45, 2.75) is 19.8 Å². The summed E-state index contributed by atoms with van der Waals surface area (Å²) in [6, 6.07) is 2.64. The molecule has 0 amide bonds. The molecule has 3 nitrogen and oxygen atoms in total. The van der Waals surface area contributed by atoms with Gasteiger partial charge >= 0.3 is 5.97 Å². The van der Waals surface area contributed by atoms with Crippen LogP contribution in [-0.2, 0) is 16.0 Å². The summed E-state index contributed by atoms with van der Waals surface area (Å²) in [5, 5.41) is 0. The van der Waals surface area contributed by atoms with Crippen LogP contribution in [0.5, 0.6) is 0 Å². The molecule has 0 saturated heterocycles. The number of carbonyl (C=O) groups excluding carboxylic acids is 1. The van der Waals surface area contributed by atoms with Gasteiger partial charge in [-0.05, 0) is 34.5 Å². The number of pyridine rings is 1. The highest BCUT2D eigenvalue weighted by atomic mass is 79.9. The first-order valence-electron chi connectivity index (χ1n) is 4.63. The summed E-state index contributed by atoms with van der Waals surface area (Å²) in [4.78, 5) is 14.8. The number of halogens is 3. The molecular weight excluding hydrogens is 284 g/mol. The van der Waals surface area contributed by atoms with Gasteiger partial charge in [0.1, 0.15) is 10.3 Å². The second-order valence-electron chi connectivity index (χ2n) is 2.97. The maximum Gasteiger partial charge on any atom is 0.310 e. The molecule has 0 aliphatic heterocycles. The van der Waals surface area contributed by atoms with E-state index in [-0.39, 0.29) is 16.7 Å². The SMILES string of the molecule is CCOC(=O)Cc1ccc(C(F)F)nc1Br. The Morgan fingerprint density at radius 2 is 2.25 bits per heavy atom. The summed E-state index contributed by atoms with van der Waals surface area (Å²) >= 11 is 3.04. The molecule has 0 unspecified atom stereocenters. The van der Waals surface area contributed by atoms with Gasteiger partial charge in [0.15, 0.2) is 0 Å². The Hall–Kier alpha value is -1.04. The molecule has 0 saturated carbocycles. The molecule has 1 aromatic rings. The number of carbonyl (C=O) groups is 1. The third kappa shape index (κ3) is 3.52. The molecule has 0 aromatic carbocycles. The Morgan fingerprint density at radius 1 is 1.56 bits per heavy atom. The lowest BCUT2D eigenvalue weighted by Gasteiger charge is -2.05. The molecule has 0 atom stereocenters. The van der Waals surface area contributed by atoms with Crippen molar-refractivity contribution in [3.8, 4) is 0 Å². The summed E-state index contributed by atoms with van der Waals surface area (Å²) in [6.45, 7) is 1.99. The number of hydrogen-bond donors (Lipinski definition) is 0. The van der Waals surface area contributed by atoms with Crippen LogP contribution in [0.15, 0.2) is 16.7 Å². The number of nitrogens with zero attached hydrogens (tertiary/aromatic N) is 1. The van der Waals surface area contributed by atoms with E-state index < -0.39 is 12.4 Å². The monoisotopic (exact) mass is 293 g/mol. The largest absolute Gasteiger partial charge is 0.466 e. The van der Waals surface area contributed by atoms with Gasteiger partial charge in [-0.1, -0.05) is 6.07 Å². The third-order valence-electron chi connectivity index (χ3n) is 1.81. The van der Waals surface area contributed by atoms with E-state index >= 15 is 0 Å². The molecule has 1 heterocycles. The molecular formula is C10H10BrF2NO2. The number of aromatic nitrogens is 1. The quantitative estimate of drug-likeness (QED) is 0.633. The van der Waals surface area contributed by atoms with Gasteiger partial charge in [0.05, 0.1) is 13.0 Å². The van der Waals surface area contributed by atoms with Gasteiger partial charge in [-0.15, -0.1) is 0 Å². The highest BCUT2D eigenvalue weighted by molar-refractivity contribution is 9.10. The molecule has 0 aliphatic carbocycles. The van der Waals surface area contributed by atoms with E-state index in [1.807, 2.05) is 0 Å². The molecule has 88 valence electrons. The molecule has 0 bridgehead atoms. The van der Waals surface area contributed by atoms with Crippen LogP contribution in [0.1, 0.15) is 24.6 Å². The van der Waals surface area contributed by atoms with Crippen molar-refractivity contribution < 1.29 is 18.3 Å². The Bertz CT molecular complexity index is 385. The first-order chi connectivity index (χ1) is 7.54. The first-order valence-corrected chi connectivity index (χ1v) is 5.43. The summed E-state index contributed by atoms with van der Waals surface area (Å²) in [5.74, 6) is -0.408. The minimum absolute atomic E-state index is 0.0188. The Kier molecular flexibility index (Phi) is 4.79. The number of esters is 1. The zero-order valence-corrected chi connectivity index (χ0v) is 10.1. The van der Waals surface area contributed by atoms with Crippen LogP contribution in [0.25, 0.3) is 0 Å². The Labute approximate surface area is 99.9 Å². The average molecular weight is 294 g/mol. The standard InChI is InChI=1S/C10H10BrF2NO2/c1-2-16-8(15)5-6-3-4-7(10(12)13)14-9(6)11/h3-4,10H,2,5H2,1H3. The van der Waals surface area contributed by atoms with Crippen molar-refractivity contribution in [1.82, 2.24) is 4.98 Å². The lowest BCUT2D eigenvalue weighted by atomic mass is 10.2. The van der Waals surface area contributed by atoms with E-state index in [9.17, 15) is 13.6 Å². The Balaban J connectivity index is 2.79. The van der Waals surface area contributed by atoms with Crippen LogP contribution in [0.4, 0.5) is 8.78 Å². The van der Waals surface area contributed by atoms with E-state index in [4.69, 9.17) is 4.74 Å². The number of rotatable bonds is 4. The molecule has 0 N–H and O–H groups in total. The van der Waals surface area contributed by atoms with Gasteiger partial charge in [0, 0.05) is 0 Å². The molecule has 6 heteroatoms. The van der Waals surface area contributed by atoms with Crippen molar-refractivity contribution in [1.29, 1.82) is 0 Å². The average Bonchev–Trinajstić information content (AvgIpc) is 2.21. The zero-order chi connectivity index (χ0) is 12.1. The van der Waals surface area contributed by atoms with E-state index in [1.54, 1.807) is 6.92 Å². The molecule has 0 spiro atoms. The van der Waals surface area contributed by atoms with Crippen molar-refractivity contribution in [3.05, 3.63) is 28.0 Å². The normalized spacial score (nSPS) is 10.6. The fourth-order valence-electron chi connectivity index (χ4n) is 1.10. The van der Waals surface area contributed by atoms with Crippen LogP contribution in [-0.4, -0.2) is 17.6 Å². The second kappa shape index (κ2) is 5.89. The van der Waals surface area contributed by atoms with Crippen LogP contribution in [0.2, 0.25) is 0 Å². The predicted octanol–water partition coefficient (Wildman–Crippen LogP) is 2.89. The molecule has 0 fully saturated rings.